The van der Waals surface area contributed by atoms with Crippen LogP contribution in [0.2, 0.25) is 0 Å². The van der Waals surface area contributed by atoms with Gasteiger partial charge in [-0.25, -0.2) is 0 Å². The highest BCUT2D eigenvalue weighted by Crippen LogP contribution is 2.61. The van der Waals surface area contributed by atoms with Crippen LogP contribution in [-0.4, -0.2) is 22.9 Å². The molecule has 1 saturated heterocycles. The Bertz CT molecular complexity index is 699. The molecule has 0 unspecified atom stereocenters. The fourth-order valence-electron chi connectivity index (χ4n) is 6.81. The summed E-state index contributed by atoms with van der Waals surface area (Å²) in [6, 6.07) is 2.37. The predicted octanol–water partition coefficient (Wildman–Crippen LogP) is 4.61. The minimum absolute atomic E-state index is 0.0509. The van der Waals surface area contributed by atoms with Crippen molar-refractivity contribution in [2.75, 3.05) is 6.54 Å². The zero-order chi connectivity index (χ0) is 17.8. The van der Waals surface area contributed by atoms with Crippen LogP contribution in [0.25, 0.3) is 0 Å². The average Bonchev–Trinajstić information content (AvgIpc) is 2.60. The molecule has 1 aliphatic heterocycles. The number of carbonyl (C=O) groups is 1. The third kappa shape index (κ3) is 2.26. The number of hydrogen-bond donors (Lipinski definition) is 0. The molecule has 2 fully saturated rings. The number of rotatable bonds is 1. The van der Waals surface area contributed by atoms with E-state index in [9.17, 15) is 10.1 Å². The van der Waals surface area contributed by atoms with Crippen LogP contribution in [0, 0.1) is 34.5 Å². The molecular formula is C22H30N2O. The van der Waals surface area contributed by atoms with E-state index in [1.165, 1.54) is 12.0 Å². The molecule has 0 bridgehead atoms. The normalized spacial score (nSPS) is 43.2. The van der Waals surface area contributed by atoms with Crippen molar-refractivity contribution in [3.05, 3.63) is 23.3 Å². The molecule has 4 rings (SSSR count). The Morgan fingerprint density at radius 2 is 2.04 bits per heavy atom. The molecule has 4 aliphatic rings. The summed E-state index contributed by atoms with van der Waals surface area (Å²) in [6.07, 6.45) is 11.9. The minimum Gasteiger partial charge on any atom is -0.337 e. The number of nitriles is 1. The Morgan fingerprint density at radius 3 is 2.76 bits per heavy atom. The van der Waals surface area contributed by atoms with Crippen LogP contribution in [0.4, 0.5) is 0 Å². The Balaban J connectivity index is 1.70. The van der Waals surface area contributed by atoms with Gasteiger partial charge >= 0.3 is 0 Å². The fourth-order valence-corrected chi connectivity index (χ4v) is 6.81. The van der Waals surface area contributed by atoms with Crippen molar-refractivity contribution >= 4 is 5.91 Å². The first-order valence-corrected chi connectivity index (χ1v) is 10.1. The maximum atomic E-state index is 12.5. The van der Waals surface area contributed by atoms with Crippen molar-refractivity contribution in [1.82, 2.24) is 4.90 Å². The lowest BCUT2D eigenvalue weighted by Gasteiger charge is -2.61. The lowest BCUT2D eigenvalue weighted by molar-refractivity contribution is -0.156. The van der Waals surface area contributed by atoms with E-state index >= 15 is 0 Å². The van der Waals surface area contributed by atoms with E-state index in [2.05, 4.69) is 43.9 Å². The Morgan fingerprint density at radius 1 is 1.24 bits per heavy atom. The third-order valence-corrected chi connectivity index (χ3v) is 8.17. The molecule has 1 heterocycles. The number of fused-ring (bicyclic) bond motifs is 5. The second kappa shape index (κ2) is 5.73. The minimum atomic E-state index is 0.0509. The number of allylic oxidation sites excluding steroid dienone is 4. The Labute approximate surface area is 151 Å². The van der Waals surface area contributed by atoms with E-state index < -0.39 is 0 Å². The van der Waals surface area contributed by atoms with E-state index in [0.717, 1.165) is 50.6 Å². The van der Waals surface area contributed by atoms with Crippen molar-refractivity contribution < 1.29 is 4.79 Å². The van der Waals surface area contributed by atoms with Crippen LogP contribution in [0.3, 0.4) is 0 Å². The maximum absolute atomic E-state index is 12.5. The molecule has 25 heavy (non-hydrogen) atoms. The van der Waals surface area contributed by atoms with Crippen molar-refractivity contribution in [2.45, 2.75) is 71.3 Å². The molecule has 3 aliphatic carbocycles. The highest BCUT2D eigenvalue weighted by molar-refractivity contribution is 5.78. The van der Waals surface area contributed by atoms with Crippen molar-refractivity contribution in [2.24, 2.45) is 23.2 Å². The van der Waals surface area contributed by atoms with Gasteiger partial charge in [-0.2, -0.15) is 5.26 Å². The van der Waals surface area contributed by atoms with E-state index in [1.807, 2.05) is 0 Å². The zero-order valence-corrected chi connectivity index (χ0v) is 15.8. The molecule has 0 aromatic carbocycles. The van der Waals surface area contributed by atoms with Gasteiger partial charge in [-0.1, -0.05) is 13.0 Å². The van der Waals surface area contributed by atoms with Gasteiger partial charge in [-0.15, -0.1) is 0 Å². The summed E-state index contributed by atoms with van der Waals surface area (Å²) in [5, 5.41) is 9.28. The van der Waals surface area contributed by atoms with E-state index in [-0.39, 0.29) is 11.0 Å². The second-order valence-corrected chi connectivity index (χ2v) is 9.04. The highest BCUT2D eigenvalue weighted by Gasteiger charge is 2.57. The monoisotopic (exact) mass is 338 g/mol. The van der Waals surface area contributed by atoms with E-state index in [1.54, 1.807) is 0 Å². The lowest BCUT2D eigenvalue weighted by atomic mass is 9.48. The van der Waals surface area contributed by atoms with Gasteiger partial charge in [0.2, 0.25) is 5.91 Å². The summed E-state index contributed by atoms with van der Waals surface area (Å²) in [5.41, 5.74) is 2.64. The first kappa shape index (κ1) is 16.9. The molecule has 1 amide bonds. The SMILES string of the molecule is CCN1C(=O)CC[C@H]2[C@@H]3CC=C4C=C(C#N)CC[C@]4(C)[C@H]3CC[C@@]21C. The van der Waals surface area contributed by atoms with Crippen molar-refractivity contribution in [1.29, 1.82) is 5.26 Å². The van der Waals surface area contributed by atoms with Crippen LogP contribution >= 0.6 is 0 Å². The molecule has 0 radical (unpaired) electrons. The van der Waals surface area contributed by atoms with Gasteiger partial charge < -0.3 is 4.90 Å². The van der Waals surface area contributed by atoms with Crippen LogP contribution in [-0.2, 0) is 4.79 Å². The second-order valence-electron chi connectivity index (χ2n) is 9.04. The molecule has 0 N–H and O–H groups in total. The lowest BCUT2D eigenvalue weighted by Crippen LogP contribution is -2.63. The molecule has 5 atom stereocenters. The number of nitrogens with zero attached hydrogens (tertiary/aromatic N) is 2. The number of amides is 1. The van der Waals surface area contributed by atoms with E-state index in [0.29, 0.717) is 23.7 Å². The standard InChI is InChI=1S/C22H30N2O/c1-4-24-20(25)8-7-19-17-6-5-16-13-15(14-23)9-11-21(16,2)18(17)10-12-22(19,24)3/h5,13,17-19H,4,6-12H2,1-3H3/t17-,18+,19+,21+,22+/m1/s1. The molecular weight excluding hydrogens is 308 g/mol. The van der Waals surface area contributed by atoms with Crippen LogP contribution in [0.5, 0.6) is 0 Å². The number of hydrogen-bond acceptors (Lipinski definition) is 2. The zero-order valence-electron chi connectivity index (χ0n) is 15.8. The summed E-state index contributed by atoms with van der Waals surface area (Å²) in [4.78, 5) is 14.7. The van der Waals surface area contributed by atoms with Crippen LogP contribution < -0.4 is 0 Å². The average molecular weight is 338 g/mol. The molecule has 3 heteroatoms. The molecule has 3 nitrogen and oxygen atoms in total. The van der Waals surface area contributed by atoms with E-state index in [4.69, 9.17) is 0 Å². The molecule has 1 saturated carbocycles. The summed E-state index contributed by atoms with van der Waals surface area (Å²) in [5.74, 6) is 2.37. The smallest absolute Gasteiger partial charge is 0.223 e. The molecule has 0 spiro atoms. The van der Waals surface area contributed by atoms with Crippen molar-refractivity contribution in [3.63, 3.8) is 0 Å². The summed E-state index contributed by atoms with van der Waals surface area (Å²) >= 11 is 0. The quantitative estimate of drug-likeness (QED) is 0.701. The number of piperidine rings is 1. The molecule has 134 valence electrons. The number of carbonyl (C=O) groups excluding carboxylic acids is 1. The largest absolute Gasteiger partial charge is 0.337 e. The summed E-state index contributed by atoms with van der Waals surface area (Å²) < 4.78 is 0. The van der Waals surface area contributed by atoms with Crippen molar-refractivity contribution in [3.8, 4) is 6.07 Å². The van der Waals surface area contributed by atoms with Gasteiger partial charge in [0, 0.05) is 24.1 Å². The van der Waals surface area contributed by atoms with Gasteiger partial charge in [-0.3, -0.25) is 4.79 Å². The van der Waals surface area contributed by atoms with Gasteiger partial charge in [0.05, 0.1) is 6.07 Å². The van der Waals surface area contributed by atoms with Gasteiger partial charge in [0.15, 0.2) is 0 Å². The Hall–Kier alpha value is -1.56. The first-order chi connectivity index (χ1) is 11.9. The predicted molar refractivity (Wildman–Crippen MR) is 98.5 cm³/mol. The van der Waals surface area contributed by atoms with Crippen LogP contribution in [0.15, 0.2) is 23.3 Å². The van der Waals surface area contributed by atoms with Gasteiger partial charge in [-0.05, 0) is 87.2 Å². The molecule has 0 aromatic heterocycles. The Kier molecular flexibility index (Phi) is 3.87. The summed E-state index contributed by atoms with van der Waals surface area (Å²) in [6.45, 7) is 7.77. The maximum Gasteiger partial charge on any atom is 0.223 e. The number of likely N-dealkylation sites (tertiary alicyclic amines) is 1. The first-order valence-electron chi connectivity index (χ1n) is 10.1. The van der Waals surface area contributed by atoms with Gasteiger partial charge in [0.25, 0.3) is 0 Å². The fraction of sp³-hybridized carbons (Fsp3) is 0.727. The van der Waals surface area contributed by atoms with Crippen LogP contribution in [0.1, 0.15) is 65.7 Å². The third-order valence-electron chi connectivity index (χ3n) is 8.17. The highest BCUT2D eigenvalue weighted by atomic mass is 16.2. The van der Waals surface area contributed by atoms with Gasteiger partial charge in [0.1, 0.15) is 0 Å². The molecule has 0 aromatic rings. The summed E-state index contributed by atoms with van der Waals surface area (Å²) in [7, 11) is 0. The topological polar surface area (TPSA) is 44.1 Å².